The lowest BCUT2D eigenvalue weighted by molar-refractivity contribution is -0.119. The predicted molar refractivity (Wildman–Crippen MR) is 135 cm³/mol. The summed E-state index contributed by atoms with van der Waals surface area (Å²) in [5.41, 5.74) is 11.1. The Hall–Kier alpha value is -2.59. The van der Waals surface area contributed by atoms with Gasteiger partial charge in [0.25, 0.3) is 0 Å². The van der Waals surface area contributed by atoms with Crippen molar-refractivity contribution in [2.24, 2.45) is 0 Å². The van der Waals surface area contributed by atoms with Gasteiger partial charge in [0.2, 0.25) is 5.91 Å². The van der Waals surface area contributed by atoms with Crippen LogP contribution in [-0.4, -0.2) is 42.0 Å². The summed E-state index contributed by atoms with van der Waals surface area (Å²) in [6.45, 7) is 8.82. The van der Waals surface area contributed by atoms with E-state index in [1.807, 2.05) is 0 Å². The summed E-state index contributed by atoms with van der Waals surface area (Å²) in [7, 11) is 0. The number of anilines is 1. The first kappa shape index (κ1) is 21.0. The Bertz CT molecular complexity index is 1200. The Morgan fingerprint density at radius 2 is 1.76 bits per heavy atom. The van der Waals surface area contributed by atoms with Crippen LogP contribution in [0.15, 0.2) is 30.3 Å². The Labute approximate surface area is 197 Å². The summed E-state index contributed by atoms with van der Waals surface area (Å²) in [6, 6.07) is 11.6. The van der Waals surface area contributed by atoms with Gasteiger partial charge < -0.3 is 14.8 Å². The van der Waals surface area contributed by atoms with Crippen molar-refractivity contribution < 1.29 is 4.79 Å². The van der Waals surface area contributed by atoms with Crippen LogP contribution in [-0.2, 0) is 24.1 Å². The van der Waals surface area contributed by atoms with Gasteiger partial charge in [-0.1, -0.05) is 24.3 Å². The van der Waals surface area contributed by atoms with Crippen LogP contribution in [0.4, 0.5) is 5.69 Å². The zero-order valence-corrected chi connectivity index (χ0v) is 20.0. The molecule has 1 fully saturated rings. The number of aromatic amines is 1. The number of carbonyl (C=O) groups excluding carboxylic acids is 1. The van der Waals surface area contributed by atoms with Gasteiger partial charge in [0.05, 0.1) is 5.69 Å². The second-order valence-corrected chi connectivity index (χ2v) is 10.5. The molecule has 3 aromatic rings. The molecule has 0 bridgehead atoms. The van der Waals surface area contributed by atoms with Gasteiger partial charge in [0, 0.05) is 36.1 Å². The molecule has 3 aliphatic rings. The standard InChI is InChI=1S/C29H35N3O/c1-19-5-7-25-26(16-19)30-20(2)28(25)22-10-14-31(15-11-22)13-9-21-17-23-4-3-12-32-27(33)8-6-24(18-21)29(23)32/h5,7,16-18,22,30H,3-4,6,8-15H2,1-2H3. The second-order valence-electron chi connectivity index (χ2n) is 10.5. The topological polar surface area (TPSA) is 39.3 Å². The van der Waals surface area contributed by atoms with Gasteiger partial charge in [-0.25, -0.2) is 0 Å². The maximum atomic E-state index is 12.3. The lowest BCUT2D eigenvalue weighted by Gasteiger charge is -2.36. The number of hydrogen-bond donors (Lipinski definition) is 1. The first-order chi connectivity index (χ1) is 16.1. The molecule has 0 aliphatic carbocycles. The maximum Gasteiger partial charge on any atom is 0.227 e. The van der Waals surface area contributed by atoms with Crippen LogP contribution < -0.4 is 4.90 Å². The zero-order valence-electron chi connectivity index (χ0n) is 20.0. The molecule has 3 aliphatic heterocycles. The fourth-order valence-electron chi connectivity index (χ4n) is 6.60. The lowest BCUT2D eigenvalue weighted by Crippen LogP contribution is -2.39. The summed E-state index contributed by atoms with van der Waals surface area (Å²) >= 11 is 0. The van der Waals surface area contributed by atoms with Crippen LogP contribution in [0.3, 0.4) is 0 Å². The van der Waals surface area contributed by atoms with E-state index < -0.39 is 0 Å². The number of aryl methyl sites for hydroxylation is 4. The summed E-state index contributed by atoms with van der Waals surface area (Å²) in [5.74, 6) is 0.981. The normalized spacial score (nSPS) is 19.3. The van der Waals surface area contributed by atoms with Crippen molar-refractivity contribution in [1.29, 1.82) is 0 Å². The predicted octanol–water partition coefficient (Wildman–Crippen LogP) is 5.43. The molecule has 0 spiro atoms. The molecule has 1 aromatic heterocycles. The third-order valence-electron chi connectivity index (χ3n) is 8.24. The van der Waals surface area contributed by atoms with Gasteiger partial charge in [-0.2, -0.15) is 0 Å². The van der Waals surface area contributed by atoms with Gasteiger partial charge in [-0.3, -0.25) is 4.79 Å². The molecule has 0 saturated carbocycles. The number of fused-ring (bicyclic) bond motifs is 1. The molecule has 1 N–H and O–H groups in total. The minimum Gasteiger partial charge on any atom is -0.358 e. The van der Waals surface area contributed by atoms with Crippen molar-refractivity contribution in [1.82, 2.24) is 9.88 Å². The molecule has 4 heteroatoms. The molecule has 6 rings (SSSR count). The smallest absolute Gasteiger partial charge is 0.227 e. The highest BCUT2D eigenvalue weighted by atomic mass is 16.2. The quantitative estimate of drug-likeness (QED) is 0.586. The van der Waals surface area contributed by atoms with Crippen LogP contribution in [0.2, 0.25) is 0 Å². The van der Waals surface area contributed by atoms with Crippen LogP contribution in [0, 0.1) is 13.8 Å². The van der Waals surface area contributed by atoms with Crippen molar-refractivity contribution in [3.63, 3.8) is 0 Å². The fraction of sp³-hybridized carbons (Fsp3) is 0.483. The first-order valence-electron chi connectivity index (χ1n) is 12.8. The highest BCUT2D eigenvalue weighted by Gasteiger charge is 2.30. The highest BCUT2D eigenvalue weighted by Crippen LogP contribution is 2.38. The third-order valence-corrected chi connectivity index (χ3v) is 8.24. The van der Waals surface area contributed by atoms with Crippen molar-refractivity contribution in [3.8, 4) is 0 Å². The Morgan fingerprint density at radius 3 is 2.58 bits per heavy atom. The van der Waals surface area contributed by atoms with Gasteiger partial charge in [0.1, 0.15) is 0 Å². The summed E-state index contributed by atoms with van der Waals surface area (Å²) in [5, 5.41) is 1.42. The van der Waals surface area contributed by atoms with E-state index in [1.54, 1.807) is 5.56 Å². The van der Waals surface area contributed by atoms with Gasteiger partial charge in [-0.05, 0) is 105 Å². The van der Waals surface area contributed by atoms with Crippen LogP contribution in [0.5, 0.6) is 0 Å². The SMILES string of the molecule is Cc1ccc2c(C3CCN(CCc4cc5c6c(c4)CCC(=O)N6CCC5)CC3)c(C)[nH]c2c1. The largest absolute Gasteiger partial charge is 0.358 e. The Balaban J connectivity index is 1.12. The molecular formula is C29H35N3O. The molecule has 33 heavy (non-hydrogen) atoms. The third kappa shape index (κ3) is 3.78. The molecule has 0 unspecified atom stereocenters. The molecule has 1 amide bonds. The first-order valence-corrected chi connectivity index (χ1v) is 12.8. The summed E-state index contributed by atoms with van der Waals surface area (Å²) < 4.78 is 0. The average Bonchev–Trinajstić information content (AvgIpc) is 3.15. The number of rotatable bonds is 4. The molecule has 0 radical (unpaired) electrons. The molecule has 1 saturated heterocycles. The lowest BCUT2D eigenvalue weighted by atomic mass is 9.87. The van der Waals surface area contributed by atoms with E-state index >= 15 is 0 Å². The Morgan fingerprint density at radius 1 is 0.970 bits per heavy atom. The molecule has 2 aromatic carbocycles. The number of piperidine rings is 1. The van der Waals surface area contributed by atoms with Crippen LogP contribution >= 0.6 is 0 Å². The second kappa shape index (κ2) is 8.32. The molecule has 0 atom stereocenters. The summed E-state index contributed by atoms with van der Waals surface area (Å²) in [4.78, 5) is 20.7. The molecule has 172 valence electrons. The minimum absolute atomic E-state index is 0.319. The van der Waals surface area contributed by atoms with E-state index in [-0.39, 0.29) is 0 Å². The fourth-order valence-corrected chi connectivity index (χ4v) is 6.60. The molecular weight excluding hydrogens is 406 g/mol. The number of likely N-dealkylation sites (tertiary alicyclic amines) is 1. The number of benzene rings is 2. The van der Waals surface area contributed by atoms with Gasteiger partial charge in [-0.15, -0.1) is 0 Å². The van der Waals surface area contributed by atoms with Gasteiger partial charge >= 0.3 is 0 Å². The number of hydrogen-bond acceptors (Lipinski definition) is 2. The van der Waals surface area contributed by atoms with Crippen molar-refractivity contribution in [2.75, 3.05) is 31.1 Å². The molecule has 4 nitrogen and oxygen atoms in total. The van der Waals surface area contributed by atoms with E-state index in [0.717, 1.165) is 38.8 Å². The number of H-pyrrole nitrogens is 1. The van der Waals surface area contributed by atoms with Crippen molar-refractivity contribution in [3.05, 3.63) is 63.8 Å². The van der Waals surface area contributed by atoms with Crippen LogP contribution in [0.25, 0.3) is 10.9 Å². The number of nitrogens with zero attached hydrogens (tertiary/aromatic N) is 2. The number of amides is 1. The number of carbonyl (C=O) groups is 1. The van der Waals surface area contributed by atoms with E-state index in [2.05, 4.69) is 59.0 Å². The maximum absolute atomic E-state index is 12.3. The van der Waals surface area contributed by atoms with Crippen molar-refractivity contribution >= 4 is 22.5 Å². The van der Waals surface area contributed by atoms with Crippen molar-refractivity contribution in [2.45, 2.75) is 64.7 Å². The number of aromatic nitrogens is 1. The summed E-state index contributed by atoms with van der Waals surface area (Å²) in [6.07, 6.45) is 7.42. The van der Waals surface area contributed by atoms with E-state index in [9.17, 15) is 4.79 Å². The molecule has 4 heterocycles. The monoisotopic (exact) mass is 441 g/mol. The van der Waals surface area contributed by atoms with E-state index in [0.29, 0.717) is 18.2 Å². The highest BCUT2D eigenvalue weighted by molar-refractivity contribution is 5.97. The van der Waals surface area contributed by atoms with Crippen LogP contribution in [0.1, 0.15) is 65.1 Å². The van der Waals surface area contributed by atoms with E-state index in [4.69, 9.17) is 0 Å². The average molecular weight is 442 g/mol. The Kier molecular flexibility index (Phi) is 5.29. The minimum atomic E-state index is 0.319. The van der Waals surface area contributed by atoms with Gasteiger partial charge in [0.15, 0.2) is 0 Å². The zero-order chi connectivity index (χ0) is 22.5. The number of nitrogens with one attached hydrogen (secondary N) is 1. The van der Waals surface area contributed by atoms with E-state index in [1.165, 1.54) is 70.5 Å².